The lowest BCUT2D eigenvalue weighted by atomic mass is 9.56. The van der Waals surface area contributed by atoms with Gasteiger partial charge in [0, 0.05) is 49.0 Å². The molecule has 200 valence electrons. The van der Waals surface area contributed by atoms with Crippen LogP contribution < -0.4 is 5.32 Å². The van der Waals surface area contributed by atoms with Crippen LogP contribution in [-0.2, 0) is 9.53 Å². The molecule has 2 saturated carbocycles. The van der Waals surface area contributed by atoms with Crippen molar-refractivity contribution in [2.45, 2.75) is 38.0 Å². The van der Waals surface area contributed by atoms with Crippen LogP contribution in [0.2, 0.25) is 0 Å². The van der Waals surface area contributed by atoms with Gasteiger partial charge in [-0.05, 0) is 54.5 Å². The number of benzene rings is 1. The van der Waals surface area contributed by atoms with Gasteiger partial charge in [-0.2, -0.15) is 5.10 Å². The van der Waals surface area contributed by atoms with E-state index in [9.17, 15) is 14.0 Å². The molecule has 0 saturated heterocycles. The number of methoxy groups -OCH3 is 1. The predicted octanol–water partition coefficient (Wildman–Crippen LogP) is 5.02. The molecule has 1 amide bonds. The highest BCUT2D eigenvalue weighted by atomic mass is 19.1. The summed E-state index contributed by atoms with van der Waals surface area (Å²) >= 11 is 0. The van der Waals surface area contributed by atoms with Crippen LogP contribution in [-0.4, -0.2) is 52.8 Å². The molecule has 8 nitrogen and oxygen atoms in total. The molecule has 2 fully saturated rings. The number of pyridine rings is 1. The molecule has 0 bridgehead atoms. The molecule has 2 N–H and O–H groups in total. The summed E-state index contributed by atoms with van der Waals surface area (Å²) in [5, 5.41) is 10.1. The summed E-state index contributed by atoms with van der Waals surface area (Å²) in [7, 11) is 1.57. The number of aliphatic imine (C=N–C) groups is 1. The SMILES string of the molecule is COCCNC(=O)c1[nH]nc2c1C(/C=C/c1ccc(-c3cccc(F)c3)cn1)C1C(=O)CC3(CCC3)CC1=N2. The van der Waals surface area contributed by atoms with E-state index in [1.807, 2.05) is 30.4 Å². The molecule has 0 radical (unpaired) electrons. The van der Waals surface area contributed by atoms with Gasteiger partial charge in [-0.15, -0.1) is 0 Å². The van der Waals surface area contributed by atoms with Crippen molar-refractivity contribution in [1.82, 2.24) is 20.5 Å². The molecule has 2 atom stereocenters. The van der Waals surface area contributed by atoms with Gasteiger partial charge in [0.25, 0.3) is 5.91 Å². The van der Waals surface area contributed by atoms with Crippen molar-refractivity contribution < 1.29 is 18.7 Å². The first-order valence-corrected chi connectivity index (χ1v) is 13.3. The molecular weight excluding hydrogens is 497 g/mol. The molecule has 1 spiro atoms. The van der Waals surface area contributed by atoms with Crippen molar-refractivity contribution >= 4 is 29.3 Å². The normalized spacial score (nSPS) is 21.3. The van der Waals surface area contributed by atoms with E-state index in [-0.39, 0.29) is 22.9 Å². The number of H-pyrrole nitrogens is 1. The second kappa shape index (κ2) is 10.3. The zero-order chi connectivity index (χ0) is 27.0. The number of ketones is 1. The van der Waals surface area contributed by atoms with E-state index < -0.39 is 11.8 Å². The number of hydrogen-bond acceptors (Lipinski definition) is 6. The number of amides is 1. The first kappa shape index (κ1) is 25.3. The van der Waals surface area contributed by atoms with Gasteiger partial charge >= 0.3 is 0 Å². The van der Waals surface area contributed by atoms with Crippen molar-refractivity contribution in [2.75, 3.05) is 20.3 Å². The first-order valence-electron chi connectivity index (χ1n) is 13.3. The molecule has 39 heavy (non-hydrogen) atoms. The number of rotatable bonds is 7. The van der Waals surface area contributed by atoms with Crippen LogP contribution in [0.1, 0.15) is 59.8 Å². The molecule has 1 aliphatic heterocycles. The van der Waals surface area contributed by atoms with E-state index in [4.69, 9.17) is 9.73 Å². The van der Waals surface area contributed by atoms with E-state index in [2.05, 4.69) is 20.5 Å². The fraction of sp³-hybridized carbons (Fsp3) is 0.367. The van der Waals surface area contributed by atoms with Crippen molar-refractivity contribution in [2.24, 2.45) is 16.3 Å². The molecule has 2 unspecified atom stereocenters. The Morgan fingerprint density at radius 1 is 1.23 bits per heavy atom. The Hall–Kier alpha value is -3.98. The number of nitrogens with zero attached hydrogens (tertiary/aromatic N) is 3. The van der Waals surface area contributed by atoms with Crippen LogP contribution in [0.4, 0.5) is 10.2 Å². The van der Waals surface area contributed by atoms with Gasteiger partial charge in [0.2, 0.25) is 0 Å². The van der Waals surface area contributed by atoms with E-state index in [1.165, 1.54) is 12.1 Å². The lowest BCUT2D eigenvalue weighted by Gasteiger charge is -2.48. The quantitative estimate of drug-likeness (QED) is 0.420. The molecular formula is C30H30FN5O3. The van der Waals surface area contributed by atoms with Gasteiger partial charge in [0.1, 0.15) is 17.3 Å². The summed E-state index contributed by atoms with van der Waals surface area (Å²) in [6.45, 7) is 0.735. The number of fused-ring (bicyclic) bond motifs is 2. The maximum atomic E-state index is 13.7. The fourth-order valence-electron chi connectivity index (χ4n) is 6.09. The smallest absolute Gasteiger partial charge is 0.269 e. The van der Waals surface area contributed by atoms with Gasteiger partial charge < -0.3 is 10.1 Å². The standard InChI is InChI=1S/C30H30FN5O3/c1-39-13-12-32-29(38)27-26-22(9-8-21-7-6-19(17-33-21)18-4-2-5-20(31)14-18)25-23(34-28(26)36-35-27)15-30(10-3-11-30)16-24(25)37/h2,4-9,14,17,22,25H,3,10-13,15-16H2,1H3,(H,32,38)(H,35,36)/b9-8+. The number of halogens is 1. The third kappa shape index (κ3) is 4.83. The summed E-state index contributed by atoms with van der Waals surface area (Å²) in [6, 6.07) is 10.1. The monoisotopic (exact) mass is 527 g/mol. The van der Waals surface area contributed by atoms with E-state index in [0.29, 0.717) is 42.3 Å². The summed E-state index contributed by atoms with van der Waals surface area (Å²) in [6.07, 6.45) is 10.1. The summed E-state index contributed by atoms with van der Waals surface area (Å²) in [5.41, 5.74) is 4.07. The van der Waals surface area contributed by atoms with Crippen LogP contribution in [0.5, 0.6) is 0 Å². The summed E-state index contributed by atoms with van der Waals surface area (Å²) in [5.74, 6) is -0.814. The number of carbonyl (C=O) groups is 2. The second-order valence-electron chi connectivity index (χ2n) is 10.7. The summed E-state index contributed by atoms with van der Waals surface area (Å²) < 4.78 is 18.7. The molecule has 2 aromatic heterocycles. The lowest BCUT2D eigenvalue weighted by molar-refractivity contribution is -0.126. The van der Waals surface area contributed by atoms with Crippen LogP contribution >= 0.6 is 0 Å². The van der Waals surface area contributed by atoms with Gasteiger partial charge in [-0.3, -0.25) is 19.7 Å². The number of carbonyl (C=O) groups excluding carboxylic acids is 2. The molecule has 3 heterocycles. The van der Waals surface area contributed by atoms with Gasteiger partial charge in [-0.25, -0.2) is 9.38 Å². The third-order valence-corrected chi connectivity index (χ3v) is 8.19. The number of ether oxygens (including phenoxy) is 1. The second-order valence-corrected chi connectivity index (χ2v) is 10.7. The molecule has 6 rings (SSSR count). The highest BCUT2D eigenvalue weighted by Gasteiger charge is 2.51. The predicted molar refractivity (Wildman–Crippen MR) is 145 cm³/mol. The van der Waals surface area contributed by atoms with E-state index >= 15 is 0 Å². The maximum Gasteiger partial charge on any atom is 0.269 e. The highest BCUT2D eigenvalue weighted by Crippen LogP contribution is 2.55. The number of aromatic amines is 1. The van der Waals surface area contributed by atoms with Crippen molar-refractivity contribution in [1.29, 1.82) is 0 Å². The van der Waals surface area contributed by atoms with Crippen molar-refractivity contribution in [3.63, 3.8) is 0 Å². The number of hydrogen-bond donors (Lipinski definition) is 2. The maximum absolute atomic E-state index is 13.7. The van der Waals surface area contributed by atoms with Gasteiger partial charge in [0.15, 0.2) is 5.82 Å². The molecule has 1 aromatic carbocycles. The molecule has 2 aliphatic carbocycles. The van der Waals surface area contributed by atoms with Crippen LogP contribution in [0, 0.1) is 17.2 Å². The average molecular weight is 528 g/mol. The molecule has 3 aliphatic rings. The van der Waals surface area contributed by atoms with E-state index in [0.717, 1.165) is 42.5 Å². The Kier molecular flexibility index (Phi) is 6.68. The van der Waals surface area contributed by atoms with Crippen LogP contribution in [0.3, 0.4) is 0 Å². The van der Waals surface area contributed by atoms with Gasteiger partial charge in [0.05, 0.1) is 18.2 Å². The Morgan fingerprint density at radius 3 is 2.82 bits per heavy atom. The number of Topliss-reactive ketones (excluding diaryl/α,β-unsaturated/α-hetero) is 1. The number of allylic oxidation sites excluding steroid dienone is 1. The first-order chi connectivity index (χ1) is 19.0. The third-order valence-electron chi connectivity index (χ3n) is 8.19. The number of nitrogens with one attached hydrogen (secondary N) is 2. The number of aromatic nitrogens is 3. The van der Waals surface area contributed by atoms with Gasteiger partial charge in [-0.1, -0.05) is 30.7 Å². The van der Waals surface area contributed by atoms with Crippen molar-refractivity contribution in [3.8, 4) is 11.1 Å². The summed E-state index contributed by atoms with van der Waals surface area (Å²) in [4.78, 5) is 36.0. The van der Waals surface area contributed by atoms with Crippen LogP contribution in [0.25, 0.3) is 17.2 Å². The Morgan fingerprint density at radius 2 is 2.10 bits per heavy atom. The Balaban J connectivity index is 1.33. The lowest BCUT2D eigenvalue weighted by Crippen LogP contribution is -2.47. The van der Waals surface area contributed by atoms with Crippen molar-refractivity contribution in [3.05, 3.63) is 71.4 Å². The molecule has 9 heteroatoms. The topological polar surface area (TPSA) is 109 Å². The Bertz CT molecular complexity index is 1470. The minimum Gasteiger partial charge on any atom is -0.383 e. The fourth-order valence-corrected chi connectivity index (χ4v) is 6.09. The van der Waals surface area contributed by atoms with Crippen LogP contribution in [0.15, 0.2) is 53.7 Å². The highest BCUT2D eigenvalue weighted by molar-refractivity contribution is 6.12. The van der Waals surface area contributed by atoms with E-state index in [1.54, 1.807) is 19.4 Å². The zero-order valence-corrected chi connectivity index (χ0v) is 21.7. The average Bonchev–Trinajstić information content (AvgIpc) is 3.34. The minimum atomic E-state index is -0.435. The largest absolute Gasteiger partial charge is 0.383 e. The Labute approximate surface area is 225 Å². The zero-order valence-electron chi connectivity index (χ0n) is 21.7. The molecule has 3 aromatic rings. The minimum absolute atomic E-state index is 0.0309.